The quantitative estimate of drug-likeness (QED) is 0.782. The van der Waals surface area contributed by atoms with E-state index in [4.69, 9.17) is 0 Å². The van der Waals surface area contributed by atoms with Crippen LogP contribution in [0.4, 0.5) is 0 Å². The molecule has 0 aliphatic heterocycles. The Morgan fingerprint density at radius 2 is 2.00 bits per heavy atom. The van der Waals surface area contributed by atoms with Gasteiger partial charge in [-0.25, -0.2) is 0 Å². The smallest absolute Gasteiger partial charge is 0.0532 e. The summed E-state index contributed by atoms with van der Waals surface area (Å²) in [6, 6.07) is 10.2. The standard InChI is InChI=1S/C14H16OS/c15-16(10-11-4-2-1-3-5-11)14-9-12-6-7-13(14)8-12/h1-5,9,12-13H,6-8,10H2/t12-,13+,16?/m1/s1. The molecule has 1 aromatic carbocycles. The Labute approximate surface area is 99.0 Å². The van der Waals surface area contributed by atoms with Crippen LogP contribution < -0.4 is 0 Å². The number of hydrogen-bond donors (Lipinski definition) is 0. The van der Waals surface area contributed by atoms with E-state index >= 15 is 0 Å². The van der Waals surface area contributed by atoms with Crippen LogP contribution in [-0.4, -0.2) is 4.21 Å². The molecular formula is C14H16OS. The van der Waals surface area contributed by atoms with Gasteiger partial charge in [-0.1, -0.05) is 36.4 Å². The van der Waals surface area contributed by atoms with Crippen molar-refractivity contribution in [1.82, 2.24) is 0 Å². The molecule has 0 saturated heterocycles. The highest BCUT2D eigenvalue weighted by Gasteiger charge is 2.35. The normalized spacial score (nSPS) is 29.1. The summed E-state index contributed by atoms with van der Waals surface area (Å²) in [7, 11) is -0.785. The molecule has 84 valence electrons. The predicted molar refractivity (Wildman–Crippen MR) is 67.2 cm³/mol. The molecule has 0 spiro atoms. The second-order valence-electron chi connectivity index (χ2n) is 4.81. The van der Waals surface area contributed by atoms with Crippen molar-refractivity contribution in [2.45, 2.75) is 25.0 Å². The van der Waals surface area contributed by atoms with Crippen molar-refractivity contribution < 1.29 is 4.21 Å². The van der Waals surface area contributed by atoms with E-state index in [0.717, 1.165) is 5.92 Å². The zero-order chi connectivity index (χ0) is 11.0. The topological polar surface area (TPSA) is 17.1 Å². The molecule has 1 unspecified atom stereocenters. The van der Waals surface area contributed by atoms with E-state index in [1.165, 1.54) is 29.7 Å². The highest BCUT2D eigenvalue weighted by molar-refractivity contribution is 7.88. The second-order valence-corrected chi connectivity index (χ2v) is 6.27. The van der Waals surface area contributed by atoms with E-state index in [2.05, 4.69) is 18.2 Å². The molecule has 2 aliphatic carbocycles. The molecule has 2 aliphatic rings. The highest BCUT2D eigenvalue weighted by Crippen LogP contribution is 2.45. The van der Waals surface area contributed by atoms with Gasteiger partial charge in [-0.3, -0.25) is 4.21 Å². The Morgan fingerprint density at radius 3 is 2.62 bits per heavy atom. The maximum Gasteiger partial charge on any atom is 0.0532 e. The van der Waals surface area contributed by atoms with Crippen LogP contribution in [-0.2, 0) is 16.6 Å². The van der Waals surface area contributed by atoms with Gasteiger partial charge in [0.15, 0.2) is 0 Å². The Kier molecular flexibility index (Phi) is 2.68. The number of hydrogen-bond acceptors (Lipinski definition) is 1. The fraction of sp³-hybridized carbons (Fsp3) is 0.429. The number of fused-ring (bicyclic) bond motifs is 2. The summed E-state index contributed by atoms with van der Waals surface area (Å²) in [5, 5.41) is 0. The summed E-state index contributed by atoms with van der Waals surface area (Å²) in [6.45, 7) is 0. The first-order chi connectivity index (χ1) is 7.83. The van der Waals surface area contributed by atoms with Gasteiger partial charge in [0.1, 0.15) is 0 Å². The van der Waals surface area contributed by atoms with Crippen LogP contribution in [0.15, 0.2) is 41.3 Å². The van der Waals surface area contributed by atoms with Crippen molar-refractivity contribution in [3.8, 4) is 0 Å². The minimum Gasteiger partial charge on any atom is -0.254 e. The predicted octanol–water partition coefficient (Wildman–Crippen LogP) is 3.25. The average Bonchev–Trinajstić information content (AvgIpc) is 2.92. The highest BCUT2D eigenvalue weighted by atomic mass is 32.2. The Morgan fingerprint density at radius 1 is 1.19 bits per heavy atom. The first kappa shape index (κ1) is 10.3. The van der Waals surface area contributed by atoms with Gasteiger partial charge in [-0.05, 0) is 36.7 Å². The van der Waals surface area contributed by atoms with E-state index in [9.17, 15) is 4.21 Å². The molecule has 1 saturated carbocycles. The largest absolute Gasteiger partial charge is 0.254 e. The lowest BCUT2D eigenvalue weighted by Crippen LogP contribution is -2.06. The molecule has 2 heteroatoms. The Balaban J connectivity index is 1.73. The van der Waals surface area contributed by atoms with E-state index < -0.39 is 10.8 Å². The van der Waals surface area contributed by atoms with Crippen LogP contribution in [0.1, 0.15) is 24.8 Å². The van der Waals surface area contributed by atoms with Crippen molar-refractivity contribution >= 4 is 10.8 Å². The molecule has 1 nitrogen and oxygen atoms in total. The molecule has 3 atom stereocenters. The van der Waals surface area contributed by atoms with E-state index in [-0.39, 0.29) is 0 Å². The first-order valence-corrected chi connectivity index (χ1v) is 7.29. The van der Waals surface area contributed by atoms with Crippen molar-refractivity contribution in [1.29, 1.82) is 0 Å². The molecule has 1 aromatic rings. The summed E-state index contributed by atoms with van der Waals surface area (Å²) in [5.41, 5.74) is 1.18. The molecule has 16 heavy (non-hydrogen) atoms. The summed E-state index contributed by atoms with van der Waals surface area (Å²) in [6.07, 6.45) is 6.12. The van der Waals surface area contributed by atoms with Gasteiger partial charge in [0.2, 0.25) is 0 Å². The minimum absolute atomic E-state index is 0.634. The third-order valence-corrected chi connectivity index (χ3v) is 5.27. The van der Waals surface area contributed by atoms with E-state index in [1.807, 2.05) is 18.2 Å². The third kappa shape index (κ3) is 1.86. The first-order valence-electron chi connectivity index (χ1n) is 5.97. The number of rotatable bonds is 3. The van der Waals surface area contributed by atoms with E-state index in [1.54, 1.807) is 0 Å². The van der Waals surface area contributed by atoms with Crippen LogP contribution in [0, 0.1) is 11.8 Å². The minimum atomic E-state index is -0.785. The van der Waals surface area contributed by atoms with Gasteiger partial charge in [-0.15, -0.1) is 0 Å². The molecular weight excluding hydrogens is 216 g/mol. The van der Waals surface area contributed by atoms with Crippen molar-refractivity contribution in [2.24, 2.45) is 11.8 Å². The molecule has 0 aromatic heterocycles. The van der Waals surface area contributed by atoms with Gasteiger partial charge < -0.3 is 0 Å². The fourth-order valence-electron chi connectivity index (χ4n) is 2.87. The molecule has 3 rings (SSSR count). The lowest BCUT2D eigenvalue weighted by molar-refractivity contribution is 0.657. The van der Waals surface area contributed by atoms with Crippen LogP contribution >= 0.6 is 0 Å². The number of allylic oxidation sites excluding steroid dienone is 2. The average molecular weight is 232 g/mol. The van der Waals surface area contributed by atoms with Gasteiger partial charge in [0, 0.05) is 4.91 Å². The van der Waals surface area contributed by atoms with Crippen LogP contribution in [0.25, 0.3) is 0 Å². The van der Waals surface area contributed by atoms with Crippen molar-refractivity contribution in [3.05, 3.63) is 46.9 Å². The summed E-state index contributed by atoms with van der Waals surface area (Å²) in [4.78, 5) is 1.24. The Bertz CT molecular complexity index is 435. The number of benzene rings is 1. The third-order valence-electron chi connectivity index (χ3n) is 3.68. The molecule has 0 amide bonds. The maximum atomic E-state index is 12.2. The zero-order valence-electron chi connectivity index (χ0n) is 9.26. The van der Waals surface area contributed by atoms with Crippen LogP contribution in [0.5, 0.6) is 0 Å². The van der Waals surface area contributed by atoms with Gasteiger partial charge in [0.05, 0.1) is 16.6 Å². The lowest BCUT2D eigenvalue weighted by Gasteiger charge is -2.12. The SMILES string of the molecule is O=S(Cc1ccccc1)C1=C[C@@H]2CC[C@H]1C2. The molecule has 0 radical (unpaired) electrons. The molecule has 0 heterocycles. The maximum absolute atomic E-state index is 12.2. The fourth-order valence-corrected chi connectivity index (χ4v) is 4.46. The van der Waals surface area contributed by atoms with Crippen molar-refractivity contribution in [2.75, 3.05) is 0 Å². The summed E-state index contributed by atoms with van der Waals surface area (Å²) in [5.74, 6) is 2.06. The monoisotopic (exact) mass is 232 g/mol. The lowest BCUT2D eigenvalue weighted by atomic mass is 10.1. The van der Waals surface area contributed by atoms with Crippen molar-refractivity contribution in [3.63, 3.8) is 0 Å². The van der Waals surface area contributed by atoms with Gasteiger partial charge in [0.25, 0.3) is 0 Å². The Hall–Kier alpha value is -0.890. The van der Waals surface area contributed by atoms with Crippen LogP contribution in [0.2, 0.25) is 0 Å². The van der Waals surface area contributed by atoms with E-state index in [0.29, 0.717) is 11.7 Å². The zero-order valence-corrected chi connectivity index (χ0v) is 10.1. The molecule has 2 bridgehead atoms. The van der Waals surface area contributed by atoms with Gasteiger partial charge >= 0.3 is 0 Å². The van der Waals surface area contributed by atoms with Gasteiger partial charge in [-0.2, -0.15) is 0 Å². The molecule has 1 fully saturated rings. The van der Waals surface area contributed by atoms with Crippen LogP contribution in [0.3, 0.4) is 0 Å². The summed E-state index contributed by atoms with van der Waals surface area (Å²) < 4.78 is 12.2. The second kappa shape index (κ2) is 4.17. The molecule has 0 N–H and O–H groups in total. The summed E-state index contributed by atoms with van der Waals surface area (Å²) >= 11 is 0.